The van der Waals surface area contributed by atoms with Crippen LogP contribution in [0, 0.1) is 10.8 Å². The van der Waals surface area contributed by atoms with E-state index in [0.717, 1.165) is 57.9 Å². The van der Waals surface area contributed by atoms with Gasteiger partial charge in [0.05, 0.1) is 5.75 Å². The Hall–Kier alpha value is -2.09. The number of hydrogen-bond acceptors (Lipinski definition) is 6. The summed E-state index contributed by atoms with van der Waals surface area (Å²) in [6, 6.07) is 12.6. The van der Waals surface area contributed by atoms with Gasteiger partial charge in [0, 0.05) is 51.4 Å². The molecule has 3 aliphatic rings. The van der Waals surface area contributed by atoms with Crippen molar-refractivity contribution >= 4 is 41.2 Å². The summed E-state index contributed by atoms with van der Waals surface area (Å²) in [5, 5.41) is 1.01. The van der Waals surface area contributed by atoms with Gasteiger partial charge >= 0.3 is 0 Å². The van der Waals surface area contributed by atoms with Crippen molar-refractivity contribution in [3.8, 4) is 0 Å². The van der Waals surface area contributed by atoms with E-state index in [1.54, 1.807) is 0 Å². The molecule has 2 unspecified atom stereocenters. The maximum absolute atomic E-state index is 13.2. The quantitative estimate of drug-likeness (QED) is 0.264. The number of carbonyl (C=O) groups excluding carboxylic acids is 1. The highest BCUT2D eigenvalue weighted by molar-refractivity contribution is 7.99. The first-order chi connectivity index (χ1) is 17.7. The lowest BCUT2D eigenvalue weighted by atomic mass is 9.65. The highest BCUT2D eigenvalue weighted by Crippen LogP contribution is 2.52. The van der Waals surface area contributed by atoms with Gasteiger partial charge in [-0.1, -0.05) is 86.6 Å². The Balaban J connectivity index is 1.13. The molecular formula is C29H38ClN5OS. The van der Waals surface area contributed by atoms with Gasteiger partial charge < -0.3 is 9.80 Å². The second-order valence-electron chi connectivity index (χ2n) is 12.0. The first kappa shape index (κ1) is 26.5. The van der Waals surface area contributed by atoms with Crippen molar-refractivity contribution in [2.75, 3.05) is 49.9 Å². The van der Waals surface area contributed by atoms with E-state index in [-0.39, 0.29) is 11.3 Å². The third kappa shape index (κ3) is 6.68. The molecular weight excluding hydrogens is 502 g/mol. The van der Waals surface area contributed by atoms with Crippen molar-refractivity contribution in [1.29, 1.82) is 0 Å². The molecule has 2 bridgehead atoms. The van der Waals surface area contributed by atoms with Gasteiger partial charge in [-0.2, -0.15) is 0 Å². The van der Waals surface area contributed by atoms with Crippen LogP contribution in [0.15, 0.2) is 47.6 Å². The average molecular weight is 540 g/mol. The third-order valence-electron chi connectivity index (χ3n) is 7.89. The molecule has 0 N–H and O–H groups in total. The van der Waals surface area contributed by atoms with Gasteiger partial charge in [-0.25, -0.2) is 9.97 Å². The zero-order valence-electron chi connectivity index (χ0n) is 22.2. The number of aromatic nitrogens is 2. The lowest BCUT2D eigenvalue weighted by Gasteiger charge is -2.39. The molecule has 1 aromatic heterocycles. The first-order valence-corrected chi connectivity index (χ1v) is 14.7. The number of piperazine rings is 1. The molecule has 1 amide bonds. The summed E-state index contributed by atoms with van der Waals surface area (Å²) in [4.78, 5) is 29.2. The molecule has 3 fully saturated rings. The van der Waals surface area contributed by atoms with Crippen LogP contribution in [0.5, 0.6) is 0 Å². The van der Waals surface area contributed by atoms with Crippen LogP contribution in [0.4, 0.5) is 5.82 Å². The molecule has 2 saturated heterocycles. The zero-order chi connectivity index (χ0) is 26.0. The van der Waals surface area contributed by atoms with E-state index in [4.69, 9.17) is 16.6 Å². The van der Waals surface area contributed by atoms with Crippen LogP contribution in [0.3, 0.4) is 0 Å². The number of likely N-dealkylation sites (tertiary alicyclic amines) is 1. The van der Waals surface area contributed by atoms with Crippen LogP contribution in [-0.2, 0) is 4.79 Å². The normalized spacial score (nSPS) is 25.7. The predicted molar refractivity (Wildman–Crippen MR) is 153 cm³/mol. The van der Waals surface area contributed by atoms with Crippen LogP contribution in [-0.4, -0.2) is 76.7 Å². The van der Waals surface area contributed by atoms with Crippen molar-refractivity contribution in [2.45, 2.75) is 51.2 Å². The van der Waals surface area contributed by atoms with Gasteiger partial charge in [0.15, 0.2) is 5.16 Å². The Labute approximate surface area is 230 Å². The van der Waals surface area contributed by atoms with Crippen molar-refractivity contribution < 1.29 is 4.79 Å². The number of hydrogen-bond donors (Lipinski definition) is 0. The summed E-state index contributed by atoms with van der Waals surface area (Å²) in [6.45, 7) is 12.5. The van der Waals surface area contributed by atoms with Gasteiger partial charge in [-0.15, -0.1) is 0 Å². The molecule has 8 heteroatoms. The van der Waals surface area contributed by atoms with Gasteiger partial charge in [0.2, 0.25) is 5.91 Å². The molecule has 5 rings (SSSR count). The first-order valence-electron chi connectivity index (χ1n) is 13.3. The minimum Gasteiger partial charge on any atom is -0.354 e. The molecule has 2 aromatic rings. The number of rotatable bonds is 7. The zero-order valence-corrected chi connectivity index (χ0v) is 23.8. The molecule has 1 saturated carbocycles. The molecule has 0 spiro atoms. The van der Waals surface area contributed by atoms with Crippen molar-refractivity contribution in [3.05, 3.63) is 53.2 Å². The summed E-state index contributed by atoms with van der Waals surface area (Å²) in [7, 11) is 0. The Morgan fingerprint density at radius 2 is 1.86 bits per heavy atom. The lowest BCUT2D eigenvalue weighted by molar-refractivity contribution is -0.129. The fraction of sp³-hybridized carbons (Fsp3) is 0.552. The maximum atomic E-state index is 13.2. The number of carbonyl (C=O) groups is 1. The number of thioether (sulfide) groups is 1. The largest absolute Gasteiger partial charge is 0.354 e. The van der Waals surface area contributed by atoms with Crippen LogP contribution >= 0.6 is 23.4 Å². The number of nitrogens with zero attached hydrogens (tertiary/aromatic N) is 5. The minimum atomic E-state index is 0.193. The van der Waals surface area contributed by atoms with Crippen LogP contribution in [0.1, 0.15) is 45.6 Å². The summed E-state index contributed by atoms with van der Waals surface area (Å²) >= 11 is 7.79. The van der Waals surface area contributed by atoms with Crippen LogP contribution < -0.4 is 4.90 Å². The smallest absolute Gasteiger partial charge is 0.233 e. The number of benzene rings is 1. The van der Waals surface area contributed by atoms with E-state index in [1.807, 2.05) is 12.1 Å². The Kier molecular flexibility index (Phi) is 7.85. The summed E-state index contributed by atoms with van der Waals surface area (Å²) in [5.41, 5.74) is 1.77. The fourth-order valence-corrected chi connectivity index (χ4v) is 7.60. The van der Waals surface area contributed by atoms with Crippen LogP contribution in [0.25, 0.3) is 6.08 Å². The molecule has 1 aliphatic carbocycles. The van der Waals surface area contributed by atoms with Gasteiger partial charge in [-0.05, 0) is 35.7 Å². The second-order valence-corrected chi connectivity index (χ2v) is 13.3. The van der Waals surface area contributed by atoms with E-state index in [0.29, 0.717) is 27.5 Å². The monoisotopic (exact) mass is 539 g/mol. The third-order valence-corrected chi connectivity index (χ3v) is 8.92. The van der Waals surface area contributed by atoms with E-state index in [2.05, 4.69) is 76.9 Å². The van der Waals surface area contributed by atoms with Gasteiger partial charge in [-0.3, -0.25) is 9.69 Å². The fourth-order valence-electron chi connectivity index (χ4n) is 6.63. The molecule has 198 valence electrons. The molecule has 37 heavy (non-hydrogen) atoms. The van der Waals surface area contributed by atoms with E-state index in [9.17, 15) is 4.79 Å². The molecule has 2 atom stereocenters. The minimum absolute atomic E-state index is 0.193. The summed E-state index contributed by atoms with van der Waals surface area (Å²) in [5.74, 6) is 1.40. The lowest BCUT2D eigenvalue weighted by Crippen LogP contribution is -2.46. The molecule has 2 aliphatic heterocycles. The SMILES string of the molecule is CC1(C)CC2CC(C)(CN2C(=O)CSc2nc(Cl)cc(N3CCN(C/C=C/c4ccccc4)CC3)n2)C1. The maximum Gasteiger partial charge on any atom is 0.233 e. The molecule has 6 nitrogen and oxygen atoms in total. The molecule has 3 heterocycles. The highest BCUT2D eigenvalue weighted by Gasteiger charge is 2.50. The van der Waals surface area contributed by atoms with E-state index < -0.39 is 0 Å². The number of amides is 1. The number of halogens is 1. The molecule has 0 radical (unpaired) electrons. The van der Waals surface area contributed by atoms with E-state index in [1.165, 1.54) is 23.7 Å². The van der Waals surface area contributed by atoms with E-state index >= 15 is 0 Å². The topological polar surface area (TPSA) is 52.6 Å². The number of fused-ring (bicyclic) bond motifs is 2. The summed E-state index contributed by atoms with van der Waals surface area (Å²) < 4.78 is 0. The van der Waals surface area contributed by atoms with Crippen molar-refractivity contribution in [2.24, 2.45) is 10.8 Å². The second kappa shape index (κ2) is 11.0. The standard InChI is InChI=1S/C29H38ClN5OS/c1-28(2)17-23-18-29(3,20-28)21-35(23)26(36)19-37-27-31-24(30)16-25(32-27)34-14-12-33(13-15-34)11-7-10-22-8-5-4-6-9-22/h4-10,16,23H,11-15,17-21H2,1-3H3/b10-7+. The van der Waals surface area contributed by atoms with Crippen molar-refractivity contribution in [3.63, 3.8) is 0 Å². The average Bonchev–Trinajstić information content (AvgIpc) is 3.12. The predicted octanol–water partition coefficient (Wildman–Crippen LogP) is 5.48. The van der Waals surface area contributed by atoms with Crippen LogP contribution in [0.2, 0.25) is 5.15 Å². The van der Waals surface area contributed by atoms with Gasteiger partial charge in [0.25, 0.3) is 0 Å². The number of anilines is 1. The Morgan fingerprint density at radius 3 is 2.62 bits per heavy atom. The Morgan fingerprint density at radius 1 is 1.11 bits per heavy atom. The summed E-state index contributed by atoms with van der Waals surface area (Å²) in [6.07, 6.45) is 7.81. The molecule has 1 aromatic carbocycles. The Bertz CT molecular complexity index is 1130. The highest BCUT2D eigenvalue weighted by atomic mass is 35.5. The van der Waals surface area contributed by atoms with Gasteiger partial charge in [0.1, 0.15) is 11.0 Å². The van der Waals surface area contributed by atoms with Crippen molar-refractivity contribution in [1.82, 2.24) is 19.8 Å².